The first kappa shape index (κ1) is 22.7. The number of benzene rings is 2. The zero-order valence-corrected chi connectivity index (χ0v) is 16.4. The van der Waals surface area contributed by atoms with E-state index in [2.05, 4.69) is 0 Å². The van der Waals surface area contributed by atoms with Crippen LogP contribution in [0.5, 0.6) is 0 Å². The summed E-state index contributed by atoms with van der Waals surface area (Å²) in [5.41, 5.74) is -4.68. The van der Waals surface area contributed by atoms with Gasteiger partial charge in [-0.2, -0.15) is 26.3 Å². The first-order valence-corrected chi connectivity index (χ1v) is 9.12. The van der Waals surface area contributed by atoms with Gasteiger partial charge in [0.25, 0.3) is 5.91 Å². The van der Waals surface area contributed by atoms with Crippen LogP contribution in [0.15, 0.2) is 47.4 Å². The van der Waals surface area contributed by atoms with Crippen molar-refractivity contribution < 1.29 is 31.1 Å². The van der Waals surface area contributed by atoms with Crippen molar-refractivity contribution in [3.05, 3.63) is 74.5 Å². The molecule has 1 N–H and O–H groups in total. The van der Waals surface area contributed by atoms with Gasteiger partial charge in [0, 0.05) is 28.8 Å². The molecule has 0 radical (unpaired) electrons. The number of amides is 1. The zero-order valence-electron chi connectivity index (χ0n) is 15.7. The summed E-state index contributed by atoms with van der Waals surface area (Å²) in [6.45, 7) is 2.06. The number of rotatable bonds is 3. The minimum absolute atomic E-state index is 0.0578. The van der Waals surface area contributed by atoms with Crippen LogP contribution in [-0.2, 0) is 18.9 Å². The van der Waals surface area contributed by atoms with Crippen LogP contribution >= 0.6 is 11.6 Å². The quantitative estimate of drug-likeness (QED) is 0.488. The molecule has 2 aromatic carbocycles. The Bertz CT molecular complexity index is 1200. The van der Waals surface area contributed by atoms with E-state index < -0.39 is 46.1 Å². The first-order chi connectivity index (χ1) is 14.3. The normalized spacial score (nSPS) is 12.3. The van der Waals surface area contributed by atoms with Gasteiger partial charge in [-0.3, -0.25) is 9.59 Å². The summed E-state index contributed by atoms with van der Waals surface area (Å²) in [4.78, 5) is 25.4. The largest absolute Gasteiger partial charge is 0.416 e. The number of anilines is 1. The topological polar surface area (TPSA) is 51.1 Å². The third kappa shape index (κ3) is 4.68. The molecule has 0 aliphatic heterocycles. The maximum atomic E-state index is 13.0. The van der Waals surface area contributed by atoms with Gasteiger partial charge in [0.15, 0.2) is 0 Å². The molecule has 0 saturated heterocycles. The lowest BCUT2D eigenvalue weighted by molar-refractivity contribution is -0.143. The van der Waals surface area contributed by atoms with Gasteiger partial charge in [0.1, 0.15) is 5.56 Å². The van der Waals surface area contributed by atoms with E-state index >= 15 is 0 Å². The summed E-state index contributed by atoms with van der Waals surface area (Å²) in [7, 11) is 0. The summed E-state index contributed by atoms with van der Waals surface area (Å²) in [6.07, 6.45) is -8.96. The third-order valence-corrected chi connectivity index (χ3v) is 4.71. The molecule has 1 amide bonds. The molecule has 1 aromatic heterocycles. The molecule has 0 atom stereocenters. The van der Waals surface area contributed by atoms with Gasteiger partial charge >= 0.3 is 12.4 Å². The van der Waals surface area contributed by atoms with Crippen molar-refractivity contribution in [3.8, 4) is 0 Å². The minimum atomic E-state index is -5.07. The second kappa shape index (κ2) is 7.92. The number of pyridine rings is 1. The fraction of sp³-hybridized carbons (Fsp3) is 0.200. The molecule has 0 spiro atoms. The Morgan fingerprint density at radius 2 is 1.58 bits per heavy atom. The highest BCUT2D eigenvalue weighted by Gasteiger charge is 2.37. The Labute approximate surface area is 176 Å². The van der Waals surface area contributed by atoms with Gasteiger partial charge in [0.05, 0.1) is 16.6 Å². The molecule has 11 heteroatoms. The molecule has 0 bridgehead atoms. The molecule has 0 saturated carbocycles. The molecular formula is C20H13ClF6N2O2. The highest BCUT2D eigenvalue weighted by molar-refractivity contribution is 6.31. The van der Waals surface area contributed by atoms with E-state index in [0.29, 0.717) is 24.2 Å². The maximum Gasteiger partial charge on any atom is 0.416 e. The number of hydrogen-bond donors (Lipinski definition) is 1. The number of aromatic nitrogens is 1. The van der Waals surface area contributed by atoms with E-state index in [9.17, 15) is 35.9 Å². The van der Waals surface area contributed by atoms with Gasteiger partial charge in [-0.15, -0.1) is 0 Å². The summed E-state index contributed by atoms with van der Waals surface area (Å²) >= 11 is 5.91. The average molecular weight is 463 g/mol. The van der Waals surface area contributed by atoms with Crippen molar-refractivity contribution >= 4 is 34.1 Å². The zero-order chi connectivity index (χ0) is 23.1. The number of aryl methyl sites for hydroxylation is 1. The number of fused-ring (bicyclic) bond motifs is 1. The lowest BCUT2D eigenvalue weighted by Gasteiger charge is -2.15. The smallest absolute Gasteiger partial charge is 0.347 e. The first-order valence-electron chi connectivity index (χ1n) is 8.75. The Balaban J connectivity index is 2.10. The van der Waals surface area contributed by atoms with Crippen LogP contribution in [-0.4, -0.2) is 10.5 Å². The number of halogens is 7. The molecule has 3 aromatic rings. The van der Waals surface area contributed by atoms with Crippen LogP contribution in [0.2, 0.25) is 5.02 Å². The van der Waals surface area contributed by atoms with E-state index in [1.165, 1.54) is 22.9 Å². The van der Waals surface area contributed by atoms with E-state index in [0.717, 1.165) is 0 Å². The van der Waals surface area contributed by atoms with Crippen LogP contribution in [0.1, 0.15) is 28.4 Å². The van der Waals surface area contributed by atoms with E-state index in [1.807, 2.05) is 5.32 Å². The maximum absolute atomic E-state index is 13.0. The van der Waals surface area contributed by atoms with Crippen molar-refractivity contribution in [3.63, 3.8) is 0 Å². The second-order valence-corrected chi connectivity index (χ2v) is 7.00. The Kier molecular flexibility index (Phi) is 5.79. The standard InChI is InChI=1S/C20H13ClF6N2O2/c1-2-29-9-15(17(30)14-8-12(21)3-4-16(14)29)18(31)28-13-6-10(19(22,23)24)5-11(7-13)20(25,26)27/h3-9H,2H2,1H3,(H,28,31). The summed E-state index contributed by atoms with van der Waals surface area (Å²) in [5, 5.41) is 2.27. The Hall–Kier alpha value is -3.01. The van der Waals surface area contributed by atoms with E-state index in [4.69, 9.17) is 11.6 Å². The molecule has 1 heterocycles. The van der Waals surface area contributed by atoms with Gasteiger partial charge in [-0.05, 0) is 43.3 Å². The fourth-order valence-corrected chi connectivity index (χ4v) is 3.19. The predicted molar refractivity (Wildman–Crippen MR) is 103 cm³/mol. The van der Waals surface area contributed by atoms with E-state index in [1.54, 1.807) is 13.0 Å². The lowest BCUT2D eigenvalue weighted by atomic mass is 10.1. The van der Waals surface area contributed by atoms with Gasteiger partial charge in [-0.1, -0.05) is 11.6 Å². The molecule has 0 aliphatic carbocycles. The van der Waals surface area contributed by atoms with Crippen LogP contribution < -0.4 is 10.7 Å². The van der Waals surface area contributed by atoms with Crippen LogP contribution in [0.3, 0.4) is 0 Å². The number of alkyl halides is 6. The lowest BCUT2D eigenvalue weighted by Crippen LogP contribution is -2.24. The van der Waals surface area contributed by atoms with Gasteiger partial charge in [0.2, 0.25) is 5.43 Å². The molecule has 3 rings (SSSR count). The second-order valence-electron chi connectivity index (χ2n) is 6.57. The summed E-state index contributed by atoms with van der Waals surface area (Å²) in [6, 6.07) is 5.10. The summed E-state index contributed by atoms with van der Waals surface area (Å²) in [5.74, 6) is -1.15. The number of nitrogens with one attached hydrogen (secondary N) is 1. The van der Waals surface area contributed by atoms with Crippen molar-refractivity contribution in [1.82, 2.24) is 4.57 Å². The Morgan fingerprint density at radius 1 is 1.00 bits per heavy atom. The Morgan fingerprint density at radius 3 is 2.10 bits per heavy atom. The molecular weight excluding hydrogens is 450 g/mol. The number of carbonyl (C=O) groups excluding carboxylic acids is 1. The molecule has 0 unspecified atom stereocenters. The predicted octanol–water partition coefficient (Wildman–Crippen LogP) is 5.96. The fourth-order valence-electron chi connectivity index (χ4n) is 3.02. The average Bonchev–Trinajstić information content (AvgIpc) is 2.67. The minimum Gasteiger partial charge on any atom is -0.347 e. The summed E-state index contributed by atoms with van der Waals surface area (Å²) < 4.78 is 79.7. The van der Waals surface area contributed by atoms with Crippen LogP contribution in [0.25, 0.3) is 10.9 Å². The molecule has 4 nitrogen and oxygen atoms in total. The SMILES string of the molecule is CCn1cc(C(=O)Nc2cc(C(F)(F)F)cc(C(F)(F)F)c2)c(=O)c2cc(Cl)ccc21. The molecule has 164 valence electrons. The highest BCUT2D eigenvalue weighted by atomic mass is 35.5. The van der Waals surface area contributed by atoms with Crippen molar-refractivity contribution in [2.45, 2.75) is 25.8 Å². The van der Waals surface area contributed by atoms with Crippen molar-refractivity contribution in [2.75, 3.05) is 5.32 Å². The van der Waals surface area contributed by atoms with Gasteiger partial charge in [-0.25, -0.2) is 0 Å². The van der Waals surface area contributed by atoms with Crippen molar-refractivity contribution in [1.29, 1.82) is 0 Å². The number of hydrogen-bond acceptors (Lipinski definition) is 2. The number of nitrogens with zero attached hydrogens (tertiary/aromatic N) is 1. The third-order valence-electron chi connectivity index (χ3n) is 4.47. The van der Waals surface area contributed by atoms with Crippen LogP contribution in [0.4, 0.5) is 32.0 Å². The van der Waals surface area contributed by atoms with Crippen molar-refractivity contribution in [2.24, 2.45) is 0 Å². The highest BCUT2D eigenvalue weighted by Crippen LogP contribution is 2.37. The monoisotopic (exact) mass is 462 g/mol. The molecule has 0 aliphatic rings. The van der Waals surface area contributed by atoms with Gasteiger partial charge < -0.3 is 9.88 Å². The molecule has 31 heavy (non-hydrogen) atoms. The molecule has 0 fully saturated rings. The number of carbonyl (C=O) groups is 1. The van der Waals surface area contributed by atoms with Crippen LogP contribution in [0, 0.1) is 0 Å². The van der Waals surface area contributed by atoms with E-state index in [-0.39, 0.29) is 16.5 Å².